The largest absolute Gasteiger partial charge is 0.496 e. The lowest BCUT2D eigenvalue weighted by Gasteiger charge is -2.10. The number of methoxy groups -OCH3 is 2. The molecule has 0 saturated heterocycles. The van der Waals surface area contributed by atoms with Gasteiger partial charge in [-0.1, -0.05) is 12.2 Å². The van der Waals surface area contributed by atoms with Gasteiger partial charge >= 0.3 is 0 Å². The van der Waals surface area contributed by atoms with Gasteiger partial charge in [-0.3, -0.25) is 0 Å². The maximum absolute atomic E-state index is 5.65. The molecule has 1 aromatic carbocycles. The van der Waals surface area contributed by atoms with Gasteiger partial charge in [0.1, 0.15) is 22.2 Å². The number of aromatic nitrogens is 2. The normalized spacial score (nSPS) is 9.90. The SMILES string of the molecule is COc1cc(OC)cc(Oc2nccnc2C(N)=S)c1. The summed E-state index contributed by atoms with van der Waals surface area (Å²) in [6.45, 7) is 0. The van der Waals surface area contributed by atoms with Crippen molar-refractivity contribution in [2.24, 2.45) is 5.73 Å². The predicted molar refractivity (Wildman–Crippen MR) is 77.5 cm³/mol. The summed E-state index contributed by atoms with van der Waals surface area (Å²) in [4.78, 5) is 8.23. The van der Waals surface area contributed by atoms with Gasteiger partial charge in [0.05, 0.1) is 14.2 Å². The molecule has 0 amide bonds. The van der Waals surface area contributed by atoms with Crippen LogP contribution in [0.4, 0.5) is 0 Å². The summed E-state index contributed by atoms with van der Waals surface area (Å²) in [5.41, 5.74) is 5.90. The topological polar surface area (TPSA) is 79.5 Å². The zero-order valence-electron chi connectivity index (χ0n) is 11.0. The van der Waals surface area contributed by atoms with Crippen molar-refractivity contribution in [1.29, 1.82) is 0 Å². The Kier molecular flexibility index (Phi) is 4.31. The molecule has 0 spiro atoms. The number of hydrogen-bond donors (Lipinski definition) is 1. The average molecular weight is 291 g/mol. The van der Waals surface area contributed by atoms with Crippen molar-refractivity contribution in [2.75, 3.05) is 14.2 Å². The third-order valence-corrected chi connectivity index (χ3v) is 2.63. The van der Waals surface area contributed by atoms with E-state index in [2.05, 4.69) is 9.97 Å². The van der Waals surface area contributed by atoms with Crippen molar-refractivity contribution in [2.45, 2.75) is 0 Å². The van der Waals surface area contributed by atoms with E-state index in [1.54, 1.807) is 32.4 Å². The molecule has 0 unspecified atom stereocenters. The van der Waals surface area contributed by atoms with Gasteiger partial charge < -0.3 is 19.9 Å². The standard InChI is InChI=1S/C13H13N3O3S/c1-17-8-5-9(18-2)7-10(6-8)19-13-11(12(14)20)15-3-4-16-13/h3-7H,1-2H3,(H2,14,20). The second kappa shape index (κ2) is 6.16. The summed E-state index contributed by atoms with van der Waals surface area (Å²) in [5, 5.41) is 0. The van der Waals surface area contributed by atoms with Crippen molar-refractivity contribution in [3.05, 3.63) is 36.3 Å². The van der Waals surface area contributed by atoms with Crippen LogP contribution >= 0.6 is 12.2 Å². The number of ether oxygens (including phenoxy) is 3. The average Bonchev–Trinajstić information content (AvgIpc) is 2.47. The molecule has 1 heterocycles. The van der Waals surface area contributed by atoms with E-state index in [0.717, 1.165) is 0 Å². The second-order valence-electron chi connectivity index (χ2n) is 3.72. The highest BCUT2D eigenvalue weighted by Gasteiger charge is 2.11. The first-order chi connectivity index (χ1) is 9.63. The van der Waals surface area contributed by atoms with E-state index in [0.29, 0.717) is 22.9 Å². The summed E-state index contributed by atoms with van der Waals surface area (Å²) < 4.78 is 16.0. The monoisotopic (exact) mass is 291 g/mol. The van der Waals surface area contributed by atoms with E-state index in [1.807, 2.05) is 0 Å². The fraction of sp³-hybridized carbons (Fsp3) is 0.154. The third kappa shape index (κ3) is 3.12. The van der Waals surface area contributed by atoms with Crippen LogP contribution in [0.25, 0.3) is 0 Å². The van der Waals surface area contributed by atoms with Gasteiger partial charge in [-0.2, -0.15) is 0 Å². The lowest BCUT2D eigenvalue weighted by atomic mass is 10.3. The summed E-state index contributed by atoms with van der Waals surface area (Å²) in [6, 6.07) is 5.12. The summed E-state index contributed by atoms with van der Waals surface area (Å²) >= 11 is 4.91. The quantitative estimate of drug-likeness (QED) is 0.843. The van der Waals surface area contributed by atoms with Crippen molar-refractivity contribution in [3.8, 4) is 23.1 Å². The Morgan fingerprint density at radius 1 is 1.00 bits per heavy atom. The smallest absolute Gasteiger partial charge is 0.248 e. The highest BCUT2D eigenvalue weighted by Crippen LogP contribution is 2.30. The van der Waals surface area contributed by atoms with Crippen molar-refractivity contribution in [3.63, 3.8) is 0 Å². The molecule has 7 heteroatoms. The van der Waals surface area contributed by atoms with Gasteiger partial charge in [0, 0.05) is 30.6 Å². The first-order valence-electron chi connectivity index (χ1n) is 5.65. The molecule has 2 N–H and O–H groups in total. The Hall–Kier alpha value is -2.41. The molecule has 0 aliphatic heterocycles. The van der Waals surface area contributed by atoms with Crippen LogP contribution < -0.4 is 19.9 Å². The molecule has 2 rings (SSSR count). The molecule has 0 atom stereocenters. The molecule has 0 aliphatic rings. The highest BCUT2D eigenvalue weighted by atomic mass is 32.1. The van der Waals surface area contributed by atoms with E-state index < -0.39 is 0 Å². The first kappa shape index (κ1) is 14.0. The summed E-state index contributed by atoms with van der Waals surface area (Å²) in [7, 11) is 3.11. The molecule has 0 fully saturated rings. The van der Waals surface area contributed by atoms with Crippen LogP contribution in [-0.2, 0) is 0 Å². The molecule has 0 bridgehead atoms. The van der Waals surface area contributed by atoms with Gasteiger partial charge in [-0.15, -0.1) is 0 Å². The predicted octanol–water partition coefficient (Wildman–Crippen LogP) is 1.92. The summed E-state index contributed by atoms with van der Waals surface area (Å²) in [5.74, 6) is 1.91. The Balaban J connectivity index is 2.37. The van der Waals surface area contributed by atoms with Crippen LogP contribution in [0.5, 0.6) is 23.1 Å². The molecular weight excluding hydrogens is 278 g/mol. The minimum Gasteiger partial charge on any atom is -0.496 e. The lowest BCUT2D eigenvalue weighted by Crippen LogP contribution is -2.13. The zero-order valence-corrected chi connectivity index (χ0v) is 11.8. The number of rotatable bonds is 5. The number of nitrogens with two attached hydrogens (primary N) is 1. The number of benzene rings is 1. The van der Waals surface area contributed by atoms with Crippen LogP contribution in [0.2, 0.25) is 0 Å². The maximum atomic E-state index is 5.65. The maximum Gasteiger partial charge on any atom is 0.248 e. The van der Waals surface area contributed by atoms with Crippen LogP contribution in [0.15, 0.2) is 30.6 Å². The first-order valence-corrected chi connectivity index (χ1v) is 6.06. The van der Waals surface area contributed by atoms with E-state index in [4.69, 9.17) is 32.2 Å². The Morgan fingerprint density at radius 3 is 2.10 bits per heavy atom. The molecule has 1 aromatic heterocycles. The molecule has 0 aliphatic carbocycles. The highest BCUT2D eigenvalue weighted by molar-refractivity contribution is 7.80. The minimum atomic E-state index is 0.114. The van der Waals surface area contributed by atoms with E-state index in [9.17, 15) is 0 Å². The van der Waals surface area contributed by atoms with E-state index in [1.165, 1.54) is 12.4 Å². The molecule has 20 heavy (non-hydrogen) atoms. The van der Waals surface area contributed by atoms with Crippen LogP contribution in [0.1, 0.15) is 5.69 Å². The minimum absolute atomic E-state index is 0.114. The number of thiocarbonyl (C=S) groups is 1. The van der Waals surface area contributed by atoms with Crippen molar-refractivity contribution < 1.29 is 14.2 Å². The fourth-order valence-corrected chi connectivity index (χ4v) is 1.66. The van der Waals surface area contributed by atoms with E-state index >= 15 is 0 Å². The van der Waals surface area contributed by atoms with Gasteiger partial charge in [0.25, 0.3) is 0 Å². The molecule has 6 nitrogen and oxygen atoms in total. The molecule has 0 saturated carbocycles. The van der Waals surface area contributed by atoms with Crippen molar-refractivity contribution in [1.82, 2.24) is 9.97 Å². The summed E-state index contributed by atoms with van der Waals surface area (Å²) in [6.07, 6.45) is 2.99. The fourth-order valence-electron chi connectivity index (χ4n) is 1.52. The molecule has 2 aromatic rings. The van der Waals surface area contributed by atoms with Crippen LogP contribution in [0, 0.1) is 0 Å². The van der Waals surface area contributed by atoms with Crippen molar-refractivity contribution >= 4 is 17.2 Å². The van der Waals surface area contributed by atoms with Crippen LogP contribution in [0.3, 0.4) is 0 Å². The molecular formula is C13H13N3O3S. The van der Waals surface area contributed by atoms with Gasteiger partial charge in [-0.25, -0.2) is 9.97 Å². The Labute approximate surface area is 121 Å². The lowest BCUT2D eigenvalue weighted by molar-refractivity contribution is 0.384. The van der Waals surface area contributed by atoms with E-state index in [-0.39, 0.29) is 10.9 Å². The number of nitrogens with zero attached hydrogens (tertiary/aromatic N) is 2. The second-order valence-corrected chi connectivity index (χ2v) is 4.16. The number of hydrogen-bond acceptors (Lipinski definition) is 6. The van der Waals surface area contributed by atoms with Gasteiger partial charge in [0.2, 0.25) is 5.88 Å². The third-order valence-electron chi connectivity index (χ3n) is 2.44. The molecule has 0 radical (unpaired) electrons. The Bertz CT molecular complexity index is 612. The zero-order chi connectivity index (χ0) is 14.5. The Morgan fingerprint density at radius 2 is 1.55 bits per heavy atom. The van der Waals surface area contributed by atoms with Gasteiger partial charge in [0.15, 0.2) is 5.69 Å². The molecule has 104 valence electrons. The van der Waals surface area contributed by atoms with Crippen LogP contribution in [-0.4, -0.2) is 29.2 Å². The van der Waals surface area contributed by atoms with Gasteiger partial charge in [-0.05, 0) is 0 Å².